The van der Waals surface area contributed by atoms with Crippen molar-refractivity contribution in [3.63, 3.8) is 0 Å². The molecule has 7 heteroatoms. The number of aromatic nitrogens is 3. The van der Waals surface area contributed by atoms with E-state index in [4.69, 9.17) is 0 Å². The molecule has 2 rings (SSSR count). The van der Waals surface area contributed by atoms with Gasteiger partial charge in [-0.3, -0.25) is 9.59 Å². The van der Waals surface area contributed by atoms with Crippen LogP contribution in [-0.2, 0) is 12.5 Å². The van der Waals surface area contributed by atoms with E-state index < -0.39 is 5.91 Å². The van der Waals surface area contributed by atoms with E-state index in [1.54, 1.807) is 12.4 Å². The monoisotopic (exact) mass is 292 g/mol. The van der Waals surface area contributed by atoms with Crippen LogP contribution in [0, 0.1) is 0 Å². The van der Waals surface area contributed by atoms with Gasteiger partial charge in [0.15, 0.2) is 5.82 Å². The number of nitrogens with one attached hydrogen (secondary N) is 1. The fraction of sp³-hybridized carbons (Fsp3) is 0.385. The minimum atomic E-state index is -0.424. The Morgan fingerprint density at radius 3 is 2.70 bits per heavy atom. The van der Waals surface area contributed by atoms with E-state index in [-0.39, 0.29) is 16.8 Å². The largest absolute Gasteiger partial charge is 0.314 e. The van der Waals surface area contributed by atoms with Crippen LogP contribution in [0.2, 0.25) is 0 Å². The van der Waals surface area contributed by atoms with Gasteiger partial charge in [-0.15, -0.1) is 11.3 Å². The molecule has 0 aliphatic carbocycles. The lowest BCUT2D eigenvalue weighted by atomic mass is 9.98. The molecule has 6 nitrogen and oxygen atoms in total. The summed E-state index contributed by atoms with van der Waals surface area (Å²) in [7, 11) is 1.60. The standard InChI is InChI=1S/C13H16N4O2S/c1-13(2,3)12-15-8(7-20-12)10(18)16-9-11(19)17(4)6-5-14-9/h5-7H,1-4H3,(H,14,16,18). The van der Waals surface area contributed by atoms with Crippen LogP contribution in [0.5, 0.6) is 0 Å². The van der Waals surface area contributed by atoms with Crippen molar-refractivity contribution in [2.75, 3.05) is 5.32 Å². The van der Waals surface area contributed by atoms with E-state index >= 15 is 0 Å². The molecular weight excluding hydrogens is 276 g/mol. The molecular formula is C13H16N4O2S. The molecule has 0 saturated heterocycles. The number of rotatable bonds is 2. The first kappa shape index (κ1) is 14.4. The van der Waals surface area contributed by atoms with Crippen LogP contribution in [-0.4, -0.2) is 20.4 Å². The molecule has 2 heterocycles. The molecule has 0 aromatic carbocycles. The third-order valence-electron chi connectivity index (χ3n) is 2.63. The van der Waals surface area contributed by atoms with Crippen molar-refractivity contribution in [3.8, 4) is 0 Å². The first-order chi connectivity index (χ1) is 9.29. The molecule has 106 valence electrons. The average molecular weight is 292 g/mol. The van der Waals surface area contributed by atoms with Gasteiger partial charge in [0.05, 0.1) is 5.01 Å². The third-order valence-corrected chi connectivity index (χ3v) is 3.90. The van der Waals surface area contributed by atoms with Gasteiger partial charge in [-0.2, -0.15) is 0 Å². The minimum Gasteiger partial charge on any atom is -0.314 e. The van der Waals surface area contributed by atoms with E-state index in [9.17, 15) is 9.59 Å². The molecule has 1 N–H and O–H groups in total. The highest BCUT2D eigenvalue weighted by atomic mass is 32.1. The maximum absolute atomic E-state index is 12.1. The van der Waals surface area contributed by atoms with Gasteiger partial charge in [0.1, 0.15) is 5.69 Å². The zero-order valence-electron chi connectivity index (χ0n) is 11.8. The van der Waals surface area contributed by atoms with Crippen LogP contribution in [0.15, 0.2) is 22.6 Å². The quantitative estimate of drug-likeness (QED) is 0.915. The molecule has 0 fully saturated rings. The van der Waals surface area contributed by atoms with Crippen molar-refractivity contribution in [2.45, 2.75) is 26.2 Å². The molecule has 0 atom stereocenters. The third kappa shape index (κ3) is 2.93. The molecule has 2 aromatic heterocycles. The molecule has 0 saturated carbocycles. The van der Waals surface area contributed by atoms with Crippen LogP contribution in [0.3, 0.4) is 0 Å². The summed E-state index contributed by atoms with van der Waals surface area (Å²) in [6, 6.07) is 0. The van der Waals surface area contributed by atoms with Crippen molar-refractivity contribution in [3.05, 3.63) is 38.8 Å². The summed E-state index contributed by atoms with van der Waals surface area (Å²) in [6.07, 6.45) is 2.98. The Labute approximate surface area is 120 Å². The van der Waals surface area contributed by atoms with E-state index in [1.807, 2.05) is 20.8 Å². The zero-order chi connectivity index (χ0) is 14.9. The number of thiazole rings is 1. The number of carbonyl (C=O) groups excluding carboxylic acids is 1. The predicted molar refractivity (Wildman–Crippen MR) is 78.2 cm³/mol. The molecule has 0 aliphatic heterocycles. The molecule has 0 bridgehead atoms. The first-order valence-electron chi connectivity index (χ1n) is 6.08. The fourth-order valence-corrected chi connectivity index (χ4v) is 2.37. The normalized spacial score (nSPS) is 11.4. The zero-order valence-corrected chi connectivity index (χ0v) is 12.6. The summed E-state index contributed by atoms with van der Waals surface area (Å²) in [5.74, 6) is -0.419. The van der Waals surface area contributed by atoms with Crippen LogP contribution in [0.4, 0.5) is 5.82 Å². The van der Waals surface area contributed by atoms with Crippen molar-refractivity contribution in [2.24, 2.45) is 7.05 Å². The second kappa shape index (κ2) is 5.16. The lowest BCUT2D eigenvalue weighted by Crippen LogP contribution is -2.25. The summed E-state index contributed by atoms with van der Waals surface area (Å²) in [5, 5.41) is 5.05. The van der Waals surface area contributed by atoms with Gasteiger partial charge in [-0.05, 0) is 0 Å². The maximum atomic E-state index is 12.1. The summed E-state index contributed by atoms with van der Waals surface area (Å²) in [5.41, 5.74) is -0.163. The van der Waals surface area contributed by atoms with Crippen LogP contribution >= 0.6 is 11.3 Å². The van der Waals surface area contributed by atoms with Gasteiger partial charge in [-0.25, -0.2) is 9.97 Å². The van der Waals surface area contributed by atoms with Gasteiger partial charge < -0.3 is 9.88 Å². The Balaban J connectivity index is 2.23. The van der Waals surface area contributed by atoms with Gasteiger partial charge in [-0.1, -0.05) is 20.8 Å². The van der Waals surface area contributed by atoms with Crippen molar-refractivity contribution in [1.82, 2.24) is 14.5 Å². The maximum Gasteiger partial charge on any atom is 0.293 e. The second-order valence-electron chi connectivity index (χ2n) is 5.43. The van der Waals surface area contributed by atoms with Crippen LogP contribution in [0.1, 0.15) is 36.3 Å². The van der Waals surface area contributed by atoms with Gasteiger partial charge in [0.25, 0.3) is 11.5 Å². The van der Waals surface area contributed by atoms with E-state index in [0.29, 0.717) is 5.69 Å². The smallest absolute Gasteiger partial charge is 0.293 e. The Morgan fingerprint density at radius 1 is 1.40 bits per heavy atom. The number of amides is 1. The van der Waals surface area contributed by atoms with E-state index in [2.05, 4.69) is 15.3 Å². The number of carbonyl (C=O) groups is 1. The van der Waals surface area contributed by atoms with Crippen molar-refractivity contribution in [1.29, 1.82) is 0 Å². The minimum absolute atomic E-state index is 0.00492. The number of hydrogen-bond donors (Lipinski definition) is 1. The summed E-state index contributed by atoms with van der Waals surface area (Å²) in [6.45, 7) is 6.09. The van der Waals surface area contributed by atoms with Gasteiger partial charge in [0.2, 0.25) is 0 Å². The van der Waals surface area contributed by atoms with Gasteiger partial charge in [0, 0.05) is 30.2 Å². The van der Waals surface area contributed by atoms with E-state index in [1.165, 1.54) is 28.3 Å². The van der Waals surface area contributed by atoms with Gasteiger partial charge >= 0.3 is 0 Å². The highest BCUT2D eigenvalue weighted by molar-refractivity contribution is 7.10. The first-order valence-corrected chi connectivity index (χ1v) is 6.96. The van der Waals surface area contributed by atoms with Crippen LogP contribution < -0.4 is 10.9 Å². The molecule has 2 aromatic rings. The summed E-state index contributed by atoms with van der Waals surface area (Å²) < 4.78 is 1.35. The Kier molecular flexibility index (Phi) is 3.71. The highest BCUT2D eigenvalue weighted by Gasteiger charge is 2.21. The Hall–Kier alpha value is -2.02. The lowest BCUT2D eigenvalue weighted by molar-refractivity contribution is 0.102. The van der Waals surface area contributed by atoms with Crippen molar-refractivity contribution < 1.29 is 4.79 Å². The predicted octanol–water partition coefficient (Wildman–Crippen LogP) is 1.79. The summed E-state index contributed by atoms with van der Waals surface area (Å²) >= 11 is 1.43. The SMILES string of the molecule is Cn1ccnc(NC(=O)c2csc(C(C)(C)C)n2)c1=O. The lowest BCUT2D eigenvalue weighted by Gasteiger charge is -2.13. The topological polar surface area (TPSA) is 76.9 Å². The molecule has 1 amide bonds. The number of nitrogens with zero attached hydrogens (tertiary/aromatic N) is 3. The fourth-order valence-electron chi connectivity index (χ4n) is 1.48. The summed E-state index contributed by atoms with van der Waals surface area (Å²) in [4.78, 5) is 32.0. The molecule has 0 spiro atoms. The Bertz CT molecular complexity index is 697. The van der Waals surface area contributed by atoms with E-state index in [0.717, 1.165) is 5.01 Å². The van der Waals surface area contributed by atoms with Crippen LogP contribution in [0.25, 0.3) is 0 Å². The molecule has 0 unspecified atom stereocenters. The number of anilines is 1. The Morgan fingerprint density at radius 2 is 2.10 bits per heavy atom. The second-order valence-corrected chi connectivity index (χ2v) is 6.29. The number of hydrogen-bond acceptors (Lipinski definition) is 5. The number of aryl methyl sites for hydroxylation is 1. The highest BCUT2D eigenvalue weighted by Crippen LogP contribution is 2.25. The van der Waals surface area contributed by atoms with Crippen molar-refractivity contribution >= 4 is 23.1 Å². The molecule has 20 heavy (non-hydrogen) atoms. The molecule has 0 aliphatic rings. The average Bonchev–Trinajstić information content (AvgIpc) is 2.84. The molecule has 0 radical (unpaired) electrons.